The number of carbonyl (C=O) groups excluding carboxylic acids is 3. The van der Waals surface area contributed by atoms with E-state index in [1.807, 2.05) is 0 Å². The number of rotatable bonds is 70. The molecule has 484 valence electrons. The van der Waals surface area contributed by atoms with Gasteiger partial charge in [0, 0.05) is 19.3 Å². The van der Waals surface area contributed by atoms with E-state index in [2.05, 4.69) is 45.1 Å². The Hall–Kier alpha value is -2.11. The summed E-state index contributed by atoms with van der Waals surface area (Å²) in [6, 6.07) is 0. The van der Waals surface area contributed by atoms with Crippen LogP contribution in [0.4, 0.5) is 0 Å². The molecular formula is C76H144O6. The highest BCUT2D eigenvalue weighted by molar-refractivity contribution is 5.71. The Labute approximate surface area is 513 Å². The van der Waals surface area contributed by atoms with Gasteiger partial charge in [-0.25, -0.2) is 0 Å². The van der Waals surface area contributed by atoms with Crippen molar-refractivity contribution in [2.45, 2.75) is 431 Å². The molecule has 0 heterocycles. The van der Waals surface area contributed by atoms with E-state index in [0.717, 1.165) is 77.0 Å². The maximum absolute atomic E-state index is 12.9. The van der Waals surface area contributed by atoms with E-state index < -0.39 is 6.10 Å². The van der Waals surface area contributed by atoms with Crippen LogP contribution in [0.1, 0.15) is 425 Å². The molecule has 82 heavy (non-hydrogen) atoms. The SMILES string of the molecule is CCCCC/C=C\C/C=C\CCCCCCCC(=O)OC(COC(=O)CCCCCCCCCCCCCCCC)COC(=O)CCCCCCCCCCCCCCCCCCCCCCCCCCCCCCCCCCCCC. The summed E-state index contributed by atoms with van der Waals surface area (Å²) in [4.78, 5) is 38.4. The van der Waals surface area contributed by atoms with Crippen molar-refractivity contribution in [3.63, 3.8) is 0 Å². The number of ether oxygens (including phenoxy) is 3. The van der Waals surface area contributed by atoms with Gasteiger partial charge in [0.15, 0.2) is 6.10 Å². The summed E-state index contributed by atoms with van der Waals surface area (Å²) < 4.78 is 17.0. The van der Waals surface area contributed by atoms with Gasteiger partial charge < -0.3 is 14.2 Å². The van der Waals surface area contributed by atoms with Crippen molar-refractivity contribution in [1.82, 2.24) is 0 Å². The first-order valence-corrected chi connectivity index (χ1v) is 37.3. The molecule has 0 saturated carbocycles. The van der Waals surface area contributed by atoms with Gasteiger partial charge >= 0.3 is 17.9 Å². The predicted molar refractivity (Wildman–Crippen MR) is 358 cm³/mol. The fraction of sp³-hybridized carbons (Fsp3) is 0.908. The first-order valence-electron chi connectivity index (χ1n) is 37.3. The first kappa shape index (κ1) is 79.9. The highest BCUT2D eigenvalue weighted by Crippen LogP contribution is 2.19. The van der Waals surface area contributed by atoms with Crippen molar-refractivity contribution in [2.24, 2.45) is 0 Å². The normalized spacial score (nSPS) is 12.1. The van der Waals surface area contributed by atoms with Gasteiger partial charge in [0.2, 0.25) is 0 Å². The summed E-state index contributed by atoms with van der Waals surface area (Å²) in [5.74, 6) is -0.854. The van der Waals surface area contributed by atoms with Crippen LogP contribution in [0.15, 0.2) is 24.3 Å². The molecule has 0 aliphatic heterocycles. The minimum Gasteiger partial charge on any atom is -0.462 e. The van der Waals surface area contributed by atoms with Crippen molar-refractivity contribution in [3.8, 4) is 0 Å². The van der Waals surface area contributed by atoms with Gasteiger partial charge in [0.1, 0.15) is 13.2 Å². The molecule has 0 saturated heterocycles. The lowest BCUT2D eigenvalue weighted by Gasteiger charge is -2.18. The Bertz CT molecular complexity index is 1320. The average Bonchev–Trinajstić information content (AvgIpc) is 3.47. The van der Waals surface area contributed by atoms with Crippen LogP contribution in [-0.4, -0.2) is 37.2 Å². The minimum absolute atomic E-state index is 0.0709. The second kappa shape index (κ2) is 71.4. The zero-order valence-electron chi connectivity index (χ0n) is 55.8. The second-order valence-corrected chi connectivity index (χ2v) is 25.6. The van der Waals surface area contributed by atoms with E-state index >= 15 is 0 Å². The topological polar surface area (TPSA) is 78.9 Å². The zero-order chi connectivity index (χ0) is 59.2. The summed E-state index contributed by atoms with van der Waals surface area (Å²) in [5.41, 5.74) is 0. The highest BCUT2D eigenvalue weighted by atomic mass is 16.6. The summed E-state index contributed by atoms with van der Waals surface area (Å²) in [7, 11) is 0. The minimum atomic E-state index is -0.775. The van der Waals surface area contributed by atoms with Crippen molar-refractivity contribution in [1.29, 1.82) is 0 Å². The smallest absolute Gasteiger partial charge is 0.306 e. The van der Waals surface area contributed by atoms with Crippen LogP contribution in [0.5, 0.6) is 0 Å². The molecule has 0 aliphatic rings. The van der Waals surface area contributed by atoms with Crippen LogP contribution < -0.4 is 0 Å². The highest BCUT2D eigenvalue weighted by Gasteiger charge is 2.20. The first-order chi connectivity index (χ1) is 40.5. The van der Waals surface area contributed by atoms with E-state index in [4.69, 9.17) is 14.2 Å². The lowest BCUT2D eigenvalue weighted by molar-refractivity contribution is -0.167. The molecule has 0 radical (unpaired) electrons. The molecule has 6 heteroatoms. The number of unbranched alkanes of at least 4 members (excludes halogenated alkanes) is 55. The number of hydrogen-bond acceptors (Lipinski definition) is 6. The molecule has 0 aromatic heterocycles. The number of hydrogen-bond donors (Lipinski definition) is 0. The molecule has 0 amide bonds. The van der Waals surface area contributed by atoms with E-state index in [0.29, 0.717) is 19.3 Å². The molecule has 0 aromatic rings. The van der Waals surface area contributed by atoms with Crippen LogP contribution in [0, 0.1) is 0 Å². The van der Waals surface area contributed by atoms with Gasteiger partial charge in [-0.1, -0.05) is 379 Å². The van der Waals surface area contributed by atoms with Crippen LogP contribution in [0.2, 0.25) is 0 Å². The Morgan fingerprint density at radius 3 is 0.695 bits per heavy atom. The van der Waals surface area contributed by atoms with Crippen LogP contribution in [0.3, 0.4) is 0 Å². The Kier molecular flexibility index (Phi) is 69.5. The molecule has 0 N–H and O–H groups in total. The van der Waals surface area contributed by atoms with Gasteiger partial charge in [-0.3, -0.25) is 14.4 Å². The van der Waals surface area contributed by atoms with Crippen LogP contribution >= 0.6 is 0 Å². The Balaban J connectivity index is 4.04. The maximum Gasteiger partial charge on any atom is 0.306 e. The molecular weight excluding hydrogens is 1010 g/mol. The van der Waals surface area contributed by atoms with Crippen molar-refractivity contribution in [3.05, 3.63) is 24.3 Å². The summed E-state index contributed by atoms with van der Waals surface area (Å²) in [6.07, 6.45) is 88.2. The maximum atomic E-state index is 12.9. The van der Waals surface area contributed by atoms with E-state index in [-0.39, 0.29) is 31.1 Å². The van der Waals surface area contributed by atoms with Gasteiger partial charge in [0.05, 0.1) is 0 Å². The van der Waals surface area contributed by atoms with Crippen LogP contribution in [-0.2, 0) is 28.6 Å². The van der Waals surface area contributed by atoms with Crippen LogP contribution in [0.25, 0.3) is 0 Å². The number of esters is 3. The molecule has 6 nitrogen and oxygen atoms in total. The third-order valence-corrected chi connectivity index (χ3v) is 17.2. The molecule has 0 bridgehead atoms. The van der Waals surface area contributed by atoms with E-state index in [9.17, 15) is 14.4 Å². The molecule has 0 aliphatic carbocycles. The average molecular weight is 1150 g/mol. The molecule has 0 aromatic carbocycles. The summed E-state index contributed by atoms with van der Waals surface area (Å²) in [5, 5.41) is 0. The summed E-state index contributed by atoms with van der Waals surface area (Å²) >= 11 is 0. The Morgan fingerprint density at radius 1 is 0.244 bits per heavy atom. The van der Waals surface area contributed by atoms with E-state index in [1.54, 1.807) is 0 Å². The zero-order valence-corrected chi connectivity index (χ0v) is 55.8. The van der Waals surface area contributed by atoms with Gasteiger partial charge in [-0.15, -0.1) is 0 Å². The van der Waals surface area contributed by atoms with Crippen molar-refractivity contribution >= 4 is 17.9 Å². The fourth-order valence-corrected chi connectivity index (χ4v) is 11.6. The Morgan fingerprint density at radius 2 is 0.439 bits per heavy atom. The van der Waals surface area contributed by atoms with Gasteiger partial charge in [-0.2, -0.15) is 0 Å². The van der Waals surface area contributed by atoms with Crippen molar-refractivity contribution in [2.75, 3.05) is 13.2 Å². The third-order valence-electron chi connectivity index (χ3n) is 17.2. The predicted octanol–water partition coefficient (Wildman–Crippen LogP) is 25.7. The van der Waals surface area contributed by atoms with Gasteiger partial charge in [-0.05, 0) is 51.4 Å². The number of carbonyl (C=O) groups is 3. The van der Waals surface area contributed by atoms with Gasteiger partial charge in [0.25, 0.3) is 0 Å². The van der Waals surface area contributed by atoms with Crippen molar-refractivity contribution < 1.29 is 28.6 Å². The molecule has 0 fully saturated rings. The monoisotopic (exact) mass is 1150 g/mol. The number of allylic oxidation sites excluding steroid dienone is 4. The summed E-state index contributed by atoms with van der Waals surface area (Å²) in [6.45, 7) is 6.68. The molecule has 1 unspecified atom stereocenters. The molecule has 0 rings (SSSR count). The standard InChI is InChI=1S/C76H144O6/c1-4-7-10-13-16-19-22-25-28-29-30-31-32-33-34-35-36-37-38-39-40-41-42-43-44-45-46-47-49-51-54-57-60-63-66-69-75(78)81-72-73(71-80-74(77)68-65-62-59-56-53-50-27-24-21-18-15-12-9-6-3)82-76(79)70-67-64-61-58-55-52-48-26-23-20-17-14-11-8-5-2/h17,20,26,48,73H,4-16,18-19,21-25,27-47,49-72H2,1-3H3/b20-17-,48-26-. The lowest BCUT2D eigenvalue weighted by Crippen LogP contribution is -2.30. The lowest BCUT2D eigenvalue weighted by atomic mass is 10.0. The molecule has 1 atom stereocenters. The van der Waals surface area contributed by atoms with E-state index in [1.165, 1.54) is 308 Å². The fourth-order valence-electron chi connectivity index (χ4n) is 11.6. The quantitative estimate of drug-likeness (QED) is 0.0261. The second-order valence-electron chi connectivity index (χ2n) is 25.6. The largest absolute Gasteiger partial charge is 0.462 e. The molecule has 0 spiro atoms. The third kappa shape index (κ3) is 68.7.